The molecule has 0 aliphatic rings. The molecule has 0 fully saturated rings. The van der Waals surface area contributed by atoms with Crippen molar-refractivity contribution in [1.29, 1.82) is 0 Å². The number of rotatable bonds is 5. The first-order valence-electron chi connectivity index (χ1n) is 9.17. The maximum Gasteiger partial charge on any atom is 0.214 e. The van der Waals surface area contributed by atoms with Gasteiger partial charge in [0.25, 0.3) is 0 Å². The number of aromatic nitrogens is 2. The van der Waals surface area contributed by atoms with Crippen LogP contribution < -0.4 is 11.1 Å². The second kappa shape index (κ2) is 10.0. The van der Waals surface area contributed by atoms with Crippen LogP contribution in [0.4, 0.5) is 20.4 Å². The number of amides is 1. The van der Waals surface area contributed by atoms with Crippen molar-refractivity contribution in [3.05, 3.63) is 72.3 Å². The SMILES string of the molecule is CC(N)=O.CSCc1ccnc(Nc2cc(-c3ccc(F)c4ccoc34)c(F)cn2)c1. The summed E-state index contributed by atoms with van der Waals surface area (Å²) >= 11 is 1.71. The lowest BCUT2D eigenvalue weighted by Gasteiger charge is -2.10. The van der Waals surface area contributed by atoms with Crippen molar-refractivity contribution < 1.29 is 18.0 Å². The van der Waals surface area contributed by atoms with E-state index in [1.54, 1.807) is 24.0 Å². The fraction of sp³-hybridized carbons (Fsp3) is 0.136. The molecular formula is C22H20F2N4O2S. The van der Waals surface area contributed by atoms with Crippen LogP contribution in [0.3, 0.4) is 0 Å². The van der Waals surface area contributed by atoms with Gasteiger partial charge in [-0.15, -0.1) is 0 Å². The van der Waals surface area contributed by atoms with Gasteiger partial charge in [0.1, 0.15) is 28.9 Å². The number of hydrogen-bond donors (Lipinski definition) is 2. The Balaban J connectivity index is 0.000000628. The molecule has 0 aliphatic heterocycles. The Hall–Kier alpha value is -3.46. The highest BCUT2D eigenvalue weighted by Crippen LogP contribution is 2.33. The summed E-state index contributed by atoms with van der Waals surface area (Å²) in [6, 6.07) is 9.75. The molecule has 3 aromatic heterocycles. The normalized spacial score (nSPS) is 10.5. The van der Waals surface area contributed by atoms with E-state index < -0.39 is 11.6 Å². The first kappa shape index (κ1) is 22.2. The minimum absolute atomic E-state index is 0.271. The van der Waals surface area contributed by atoms with Crippen LogP contribution in [0.1, 0.15) is 12.5 Å². The third-order valence-corrected chi connectivity index (χ3v) is 4.72. The lowest BCUT2D eigenvalue weighted by molar-refractivity contribution is -0.115. The Labute approximate surface area is 181 Å². The van der Waals surface area contributed by atoms with E-state index in [1.165, 1.54) is 31.4 Å². The number of carbonyl (C=O) groups excluding carboxylic acids is 1. The Morgan fingerprint density at radius 2 is 1.84 bits per heavy atom. The molecule has 0 unspecified atom stereocenters. The Bertz CT molecular complexity index is 1210. The summed E-state index contributed by atoms with van der Waals surface area (Å²) in [6.07, 6.45) is 6.25. The van der Waals surface area contributed by atoms with Crippen LogP contribution in [0.2, 0.25) is 0 Å². The van der Waals surface area contributed by atoms with Crippen LogP contribution in [0.25, 0.3) is 22.1 Å². The van der Waals surface area contributed by atoms with Gasteiger partial charge in [0.05, 0.1) is 17.8 Å². The Kier molecular flexibility index (Phi) is 7.19. The van der Waals surface area contributed by atoms with Gasteiger partial charge in [0.15, 0.2) is 0 Å². The van der Waals surface area contributed by atoms with Crippen LogP contribution in [0.5, 0.6) is 0 Å². The van der Waals surface area contributed by atoms with Crippen molar-refractivity contribution in [3.63, 3.8) is 0 Å². The number of halogens is 2. The number of carbonyl (C=O) groups is 1. The molecule has 3 heterocycles. The van der Waals surface area contributed by atoms with Crippen LogP contribution in [0.15, 0.2) is 59.5 Å². The van der Waals surface area contributed by atoms with Crippen molar-refractivity contribution >= 4 is 40.3 Å². The Morgan fingerprint density at radius 1 is 1.10 bits per heavy atom. The fourth-order valence-electron chi connectivity index (χ4n) is 2.88. The molecule has 0 saturated heterocycles. The predicted molar refractivity (Wildman–Crippen MR) is 119 cm³/mol. The van der Waals surface area contributed by atoms with Gasteiger partial charge >= 0.3 is 0 Å². The molecule has 3 N–H and O–H groups in total. The molecule has 0 spiro atoms. The molecule has 31 heavy (non-hydrogen) atoms. The number of anilines is 2. The van der Waals surface area contributed by atoms with Crippen molar-refractivity contribution in [2.45, 2.75) is 12.7 Å². The standard InChI is InChI=1S/C20H15F2N3OS.C2H5NO/c1-27-11-12-4-6-23-18(8-12)25-19-9-15(17(22)10-24-19)13-2-3-16(21)14-5-7-26-20(13)14;1-2(3)4/h2-10H,11H2,1H3,(H,23,24,25);1H3,(H2,3,4). The fourth-order valence-corrected chi connectivity index (χ4v) is 3.40. The average Bonchev–Trinajstić information content (AvgIpc) is 3.21. The van der Waals surface area contributed by atoms with Gasteiger partial charge in [0, 0.05) is 30.0 Å². The molecule has 4 aromatic rings. The van der Waals surface area contributed by atoms with Crippen LogP contribution in [0, 0.1) is 11.6 Å². The zero-order valence-corrected chi connectivity index (χ0v) is 17.7. The number of thioether (sulfide) groups is 1. The number of furan rings is 1. The lowest BCUT2D eigenvalue weighted by Crippen LogP contribution is -2.01. The number of hydrogen-bond acceptors (Lipinski definition) is 6. The van der Waals surface area contributed by atoms with Crippen molar-refractivity contribution in [2.75, 3.05) is 11.6 Å². The monoisotopic (exact) mass is 442 g/mol. The second-order valence-electron chi connectivity index (χ2n) is 6.53. The highest BCUT2D eigenvalue weighted by atomic mass is 32.2. The molecule has 6 nitrogen and oxygen atoms in total. The van der Waals surface area contributed by atoms with E-state index in [4.69, 9.17) is 4.42 Å². The van der Waals surface area contributed by atoms with Gasteiger partial charge in [-0.1, -0.05) is 0 Å². The number of nitrogens with zero attached hydrogens (tertiary/aromatic N) is 2. The zero-order chi connectivity index (χ0) is 22.4. The molecule has 1 amide bonds. The van der Waals surface area contributed by atoms with Gasteiger partial charge in [-0.3, -0.25) is 4.79 Å². The largest absolute Gasteiger partial charge is 0.464 e. The average molecular weight is 442 g/mol. The van der Waals surface area contributed by atoms with Gasteiger partial charge in [-0.2, -0.15) is 11.8 Å². The molecule has 4 rings (SSSR count). The van der Waals surface area contributed by atoms with E-state index in [9.17, 15) is 13.6 Å². The number of fused-ring (bicyclic) bond motifs is 1. The van der Waals surface area contributed by atoms with Gasteiger partial charge in [-0.25, -0.2) is 18.7 Å². The quantitative estimate of drug-likeness (QED) is 0.438. The van der Waals surface area contributed by atoms with Gasteiger partial charge < -0.3 is 15.5 Å². The van der Waals surface area contributed by atoms with E-state index in [0.29, 0.717) is 28.2 Å². The number of nitrogens with one attached hydrogen (secondary N) is 1. The third kappa shape index (κ3) is 5.58. The number of nitrogens with two attached hydrogens (primary N) is 1. The first-order valence-corrected chi connectivity index (χ1v) is 10.6. The molecular weight excluding hydrogens is 422 g/mol. The summed E-state index contributed by atoms with van der Waals surface area (Å²) in [5.74, 6) is 0.655. The van der Waals surface area contributed by atoms with Gasteiger partial charge in [0.2, 0.25) is 5.91 Å². The number of pyridine rings is 2. The van der Waals surface area contributed by atoms with E-state index in [0.717, 1.165) is 17.5 Å². The van der Waals surface area contributed by atoms with E-state index in [-0.39, 0.29) is 11.5 Å². The summed E-state index contributed by atoms with van der Waals surface area (Å²) in [5.41, 5.74) is 6.63. The summed E-state index contributed by atoms with van der Waals surface area (Å²) in [7, 11) is 0. The molecule has 160 valence electrons. The van der Waals surface area contributed by atoms with E-state index >= 15 is 0 Å². The van der Waals surface area contributed by atoms with Crippen LogP contribution in [-0.2, 0) is 10.5 Å². The van der Waals surface area contributed by atoms with Gasteiger partial charge in [-0.05, 0) is 48.2 Å². The zero-order valence-electron chi connectivity index (χ0n) is 16.9. The molecule has 0 bridgehead atoms. The smallest absolute Gasteiger partial charge is 0.214 e. The predicted octanol–water partition coefficient (Wildman–Crippen LogP) is 5.27. The highest BCUT2D eigenvalue weighted by molar-refractivity contribution is 7.97. The maximum absolute atomic E-state index is 14.4. The van der Waals surface area contributed by atoms with E-state index in [2.05, 4.69) is 21.0 Å². The van der Waals surface area contributed by atoms with Crippen molar-refractivity contribution in [1.82, 2.24) is 9.97 Å². The molecule has 0 aliphatic carbocycles. The van der Waals surface area contributed by atoms with Crippen LogP contribution >= 0.6 is 11.8 Å². The highest BCUT2D eigenvalue weighted by Gasteiger charge is 2.15. The summed E-state index contributed by atoms with van der Waals surface area (Å²) in [6.45, 7) is 1.31. The Morgan fingerprint density at radius 3 is 2.58 bits per heavy atom. The first-order chi connectivity index (χ1) is 14.9. The number of primary amides is 1. The van der Waals surface area contributed by atoms with Crippen molar-refractivity contribution in [3.8, 4) is 11.1 Å². The minimum Gasteiger partial charge on any atom is -0.464 e. The maximum atomic E-state index is 14.4. The third-order valence-electron chi connectivity index (χ3n) is 4.10. The molecule has 0 radical (unpaired) electrons. The van der Waals surface area contributed by atoms with E-state index in [1.807, 2.05) is 18.4 Å². The minimum atomic E-state index is -0.519. The summed E-state index contributed by atoms with van der Waals surface area (Å²) in [4.78, 5) is 17.6. The number of benzene rings is 1. The van der Waals surface area contributed by atoms with Crippen LogP contribution in [-0.4, -0.2) is 22.1 Å². The van der Waals surface area contributed by atoms with Crippen molar-refractivity contribution in [2.24, 2.45) is 5.73 Å². The lowest BCUT2D eigenvalue weighted by atomic mass is 10.0. The topological polar surface area (TPSA) is 94.0 Å². The molecule has 9 heteroatoms. The summed E-state index contributed by atoms with van der Waals surface area (Å²) in [5, 5.41) is 3.40. The summed E-state index contributed by atoms with van der Waals surface area (Å²) < 4.78 is 33.7. The molecule has 0 atom stereocenters. The molecule has 0 saturated carbocycles. The molecule has 1 aromatic carbocycles. The second-order valence-corrected chi connectivity index (χ2v) is 7.39.